The molecule has 1 aliphatic carbocycles. The van der Waals surface area contributed by atoms with Crippen LogP contribution in [0.3, 0.4) is 0 Å². The summed E-state index contributed by atoms with van der Waals surface area (Å²) >= 11 is 0. The minimum atomic E-state index is -0.420. The SMILES string of the molecule is Cc1cncc2c1c(C[C@@H]1CCN(CC3CCN(C(=O)C4CC4)CC3)C1)cn2-c1ccc(F)cc1C(=O)N(C)C(C)C. The summed E-state index contributed by atoms with van der Waals surface area (Å²) in [6.07, 6.45) is 12.4. The lowest BCUT2D eigenvalue weighted by atomic mass is 9.95. The van der Waals surface area contributed by atoms with Crippen molar-refractivity contribution in [1.82, 2.24) is 24.3 Å². The Morgan fingerprint density at radius 1 is 1.05 bits per heavy atom. The van der Waals surface area contributed by atoms with E-state index < -0.39 is 5.82 Å². The van der Waals surface area contributed by atoms with Crippen LogP contribution in [-0.2, 0) is 11.2 Å². The van der Waals surface area contributed by atoms with Gasteiger partial charge in [-0.15, -0.1) is 0 Å². The molecule has 42 heavy (non-hydrogen) atoms. The molecule has 4 heterocycles. The van der Waals surface area contributed by atoms with Crippen molar-refractivity contribution < 1.29 is 14.0 Å². The normalized spacial score (nSPS) is 20.1. The molecule has 224 valence electrons. The Balaban J connectivity index is 1.18. The molecule has 1 saturated carbocycles. The van der Waals surface area contributed by atoms with Crippen LogP contribution in [0.2, 0.25) is 0 Å². The van der Waals surface area contributed by atoms with E-state index in [2.05, 4.69) is 27.9 Å². The molecule has 1 atom stereocenters. The number of fused-ring (bicyclic) bond motifs is 1. The van der Waals surface area contributed by atoms with Crippen LogP contribution in [0, 0.1) is 30.5 Å². The standard InChI is InChI=1S/C34H44FN5O2/c1-22(2)37(4)34(42)29-16-28(35)7-8-30(29)40-21-27(32-23(3)17-36-18-31(32)40)15-25-9-12-38(20-25)19-24-10-13-39(14-11-24)33(41)26-5-6-26/h7-8,16-18,21-22,24-26H,5-6,9-15,19-20H2,1-4H3/t25-/m0/s1. The largest absolute Gasteiger partial charge is 0.342 e. The summed E-state index contributed by atoms with van der Waals surface area (Å²) in [5.41, 5.74) is 4.34. The molecule has 2 amide bonds. The van der Waals surface area contributed by atoms with Crippen LogP contribution in [0.5, 0.6) is 0 Å². The zero-order valence-corrected chi connectivity index (χ0v) is 25.5. The van der Waals surface area contributed by atoms with E-state index in [1.54, 1.807) is 18.0 Å². The van der Waals surface area contributed by atoms with Gasteiger partial charge in [0.15, 0.2) is 0 Å². The minimum Gasteiger partial charge on any atom is -0.342 e. The van der Waals surface area contributed by atoms with Gasteiger partial charge in [0.2, 0.25) is 5.91 Å². The Hall–Kier alpha value is -3.26. The number of carbonyl (C=O) groups excluding carboxylic acids is 2. The number of piperidine rings is 1. The molecule has 0 unspecified atom stereocenters. The zero-order valence-electron chi connectivity index (χ0n) is 25.5. The molecular weight excluding hydrogens is 529 g/mol. The smallest absolute Gasteiger partial charge is 0.256 e. The van der Waals surface area contributed by atoms with Crippen molar-refractivity contribution in [2.75, 3.05) is 39.8 Å². The maximum Gasteiger partial charge on any atom is 0.256 e. The average molecular weight is 574 g/mol. The van der Waals surface area contributed by atoms with Gasteiger partial charge in [0, 0.05) is 63.0 Å². The number of hydrogen-bond acceptors (Lipinski definition) is 4. The van der Waals surface area contributed by atoms with Gasteiger partial charge in [-0.3, -0.25) is 14.6 Å². The van der Waals surface area contributed by atoms with Gasteiger partial charge < -0.3 is 19.3 Å². The second-order valence-electron chi connectivity index (χ2n) is 13.2. The second kappa shape index (κ2) is 11.8. The van der Waals surface area contributed by atoms with Gasteiger partial charge in [-0.1, -0.05) is 0 Å². The van der Waals surface area contributed by atoms with E-state index in [0.717, 1.165) is 82.3 Å². The van der Waals surface area contributed by atoms with Crippen LogP contribution >= 0.6 is 0 Å². The maximum absolute atomic E-state index is 14.4. The Labute approximate surface area is 248 Å². The molecule has 2 aromatic heterocycles. The molecule has 0 N–H and O–H groups in total. The highest BCUT2D eigenvalue weighted by Crippen LogP contribution is 2.34. The fourth-order valence-corrected chi connectivity index (χ4v) is 6.96. The van der Waals surface area contributed by atoms with E-state index in [1.165, 1.54) is 23.1 Å². The van der Waals surface area contributed by atoms with Crippen molar-refractivity contribution in [3.05, 3.63) is 59.3 Å². The van der Waals surface area contributed by atoms with Gasteiger partial charge >= 0.3 is 0 Å². The summed E-state index contributed by atoms with van der Waals surface area (Å²) in [6.45, 7) is 11.2. The predicted molar refractivity (Wildman–Crippen MR) is 163 cm³/mol. The Morgan fingerprint density at radius 3 is 2.50 bits per heavy atom. The van der Waals surface area contributed by atoms with Crippen molar-refractivity contribution in [3.8, 4) is 5.69 Å². The fourth-order valence-electron chi connectivity index (χ4n) is 6.96. The lowest BCUT2D eigenvalue weighted by Crippen LogP contribution is -2.42. The van der Waals surface area contributed by atoms with Crippen molar-refractivity contribution >= 4 is 22.7 Å². The van der Waals surface area contributed by atoms with Crippen LogP contribution in [0.1, 0.15) is 67.4 Å². The van der Waals surface area contributed by atoms with Gasteiger partial charge in [0.25, 0.3) is 5.91 Å². The number of hydrogen-bond donors (Lipinski definition) is 0. The maximum atomic E-state index is 14.4. The molecular formula is C34H44FN5O2. The summed E-state index contributed by atoms with van der Waals surface area (Å²) in [4.78, 5) is 36.7. The molecule has 0 radical (unpaired) electrons. The van der Waals surface area contributed by atoms with Crippen LogP contribution < -0.4 is 0 Å². The van der Waals surface area contributed by atoms with Crippen LogP contribution in [0.4, 0.5) is 4.39 Å². The quantitative estimate of drug-likeness (QED) is 0.359. The number of aryl methyl sites for hydroxylation is 1. The van der Waals surface area contributed by atoms with E-state index in [-0.39, 0.29) is 11.9 Å². The van der Waals surface area contributed by atoms with Crippen LogP contribution in [-0.4, -0.2) is 81.9 Å². The highest BCUT2D eigenvalue weighted by Gasteiger charge is 2.35. The van der Waals surface area contributed by atoms with E-state index in [9.17, 15) is 14.0 Å². The first kappa shape index (κ1) is 28.8. The van der Waals surface area contributed by atoms with Gasteiger partial charge in [-0.25, -0.2) is 4.39 Å². The van der Waals surface area contributed by atoms with Crippen molar-refractivity contribution in [2.45, 2.75) is 65.3 Å². The molecule has 3 aliphatic rings. The molecule has 0 bridgehead atoms. The molecule has 7 nitrogen and oxygen atoms in total. The Kier molecular flexibility index (Phi) is 8.09. The first-order valence-corrected chi connectivity index (χ1v) is 15.7. The molecule has 1 aromatic carbocycles. The number of benzene rings is 1. The molecule has 0 spiro atoms. The summed E-state index contributed by atoms with van der Waals surface area (Å²) in [5, 5.41) is 1.18. The van der Waals surface area contributed by atoms with Crippen LogP contribution in [0.15, 0.2) is 36.8 Å². The van der Waals surface area contributed by atoms with Gasteiger partial charge in [-0.05, 0) is 107 Å². The summed E-state index contributed by atoms with van der Waals surface area (Å²) in [7, 11) is 1.76. The summed E-state index contributed by atoms with van der Waals surface area (Å²) in [6, 6.07) is 4.49. The van der Waals surface area contributed by atoms with Gasteiger partial charge in [0.1, 0.15) is 5.82 Å². The molecule has 8 heteroatoms. The van der Waals surface area contributed by atoms with Crippen molar-refractivity contribution in [2.24, 2.45) is 17.8 Å². The Morgan fingerprint density at radius 2 is 1.79 bits per heavy atom. The lowest BCUT2D eigenvalue weighted by molar-refractivity contribution is -0.134. The highest BCUT2D eigenvalue weighted by atomic mass is 19.1. The second-order valence-corrected chi connectivity index (χ2v) is 13.2. The number of nitrogens with zero attached hydrogens (tertiary/aromatic N) is 5. The number of pyridine rings is 1. The molecule has 6 rings (SSSR count). The van der Waals surface area contributed by atoms with Crippen molar-refractivity contribution in [1.29, 1.82) is 0 Å². The van der Waals surface area contributed by atoms with Crippen LogP contribution in [0.25, 0.3) is 16.6 Å². The number of aromatic nitrogens is 2. The monoisotopic (exact) mass is 573 g/mol. The summed E-state index contributed by atoms with van der Waals surface area (Å²) in [5.74, 6) is 1.32. The van der Waals surface area contributed by atoms with E-state index in [1.807, 2.05) is 30.8 Å². The van der Waals surface area contributed by atoms with E-state index in [0.29, 0.717) is 34.9 Å². The summed E-state index contributed by atoms with van der Waals surface area (Å²) < 4.78 is 16.5. The molecule has 3 aromatic rings. The third kappa shape index (κ3) is 5.83. The molecule has 2 saturated heterocycles. The number of halogens is 1. The first-order chi connectivity index (χ1) is 20.2. The number of carbonyl (C=O) groups is 2. The minimum absolute atomic E-state index is 0.00224. The zero-order chi connectivity index (χ0) is 29.5. The van der Waals surface area contributed by atoms with E-state index in [4.69, 9.17) is 0 Å². The third-order valence-electron chi connectivity index (χ3n) is 9.77. The molecule has 3 fully saturated rings. The lowest BCUT2D eigenvalue weighted by Gasteiger charge is -2.34. The number of amides is 2. The Bertz CT molecular complexity index is 1470. The predicted octanol–water partition coefficient (Wildman–Crippen LogP) is 5.47. The number of rotatable bonds is 8. The third-order valence-corrected chi connectivity index (χ3v) is 9.77. The average Bonchev–Trinajstić information content (AvgIpc) is 3.64. The molecule has 2 aliphatic heterocycles. The topological polar surface area (TPSA) is 61.7 Å². The highest BCUT2D eigenvalue weighted by molar-refractivity contribution is 5.99. The van der Waals surface area contributed by atoms with Gasteiger partial charge in [0.05, 0.1) is 23.0 Å². The van der Waals surface area contributed by atoms with Gasteiger partial charge in [-0.2, -0.15) is 0 Å². The fraction of sp³-hybridized carbons (Fsp3) is 0.559. The first-order valence-electron chi connectivity index (χ1n) is 15.7. The van der Waals surface area contributed by atoms with Crippen molar-refractivity contribution in [3.63, 3.8) is 0 Å². The number of likely N-dealkylation sites (tertiary alicyclic amines) is 2. The van der Waals surface area contributed by atoms with E-state index >= 15 is 0 Å².